The van der Waals surface area contributed by atoms with Gasteiger partial charge >= 0.3 is 11.8 Å². The Morgan fingerprint density at radius 2 is 1.67 bits per heavy atom. The summed E-state index contributed by atoms with van der Waals surface area (Å²) in [6.45, 7) is 9.24. The van der Waals surface area contributed by atoms with Crippen LogP contribution in [0.1, 0.15) is 13.8 Å². The zero-order valence-corrected chi connectivity index (χ0v) is 11.4. The molecule has 1 heterocycles. The summed E-state index contributed by atoms with van der Waals surface area (Å²) in [7, 11) is 0. The first kappa shape index (κ1) is 14.9. The van der Waals surface area contributed by atoms with Gasteiger partial charge in [-0.25, -0.2) is 0 Å². The molecular weight excluding hydrogens is 232 g/mol. The molecule has 0 aromatic heterocycles. The summed E-state index contributed by atoms with van der Waals surface area (Å²) in [5, 5.41) is 0. The fourth-order valence-corrected chi connectivity index (χ4v) is 2.14. The van der Waals surface area contributed by atoms with Gasteiger partial charge in [0, 0.05) is 52.4 Å². The number of likely N-dealkylation sites (N-methyl/N-ethyl adjacent to an activating group) is 1. The molecule has 1 rings (SSSR count). The van der Waals surface area contributed by atoms with E-state index in [0.29, 0.717) is 32.7 Å². The van der Waals surface area contributed by atoms with Gasteiger partial charge in [-0.3, -0.25) is 14.5 Å². The number of hydrogen-bond donors (Lipinski definition) is 1. The van der Waals surface area contributed by atoms with Gasteiger partial charge in [-0.1, -0.05) is 0 Å². The maximum atomic E-state index is 12.0. The minimum Gasteiger partial charge on any atom is -0.335 e. The Hall–Kier alpha value is -1.14. The van der Waals surface area contributed by atoms with E-state index in [1.54, 1.807) is 9.80 Å². The predicted molar refractivity (Wildman–Crippen MR) is 70.0 cm³/mol. The van der Waals surface area contributed by atoms with Crippen LogP contribution < -0.4 is 5.73 Å². The van der Waals surface area contributed by atoms with E-state index in [2.05, 4.69) is 4.90 Å². The van der Waals surface area contributed by atoms with Crippen molar-refractivity contribution < 1.29 is 9.59 Å². The van der Waals surface area contributed by atoms with Crippen molar-refractivity contribution >= 4 is 11.8 Å². The molecule has 0 spiro atoms. The Bertz CT molecular complexity index is 284. The highest BCUT2D eigenvalue weighted by Gasteiger charge is 2.28. The van der Waals surface area contributed by atoms with Gasteiger partial charge < -0.3 is 15.5 Å². The lowest BCUT2D eigenvalue weighted by Crippen LogP contribution is -2.53. The van der Waals surface area contributed by atoms with E-state index >= 15 is 0 Å². The van der Waals surface area contributed by atoms with E-state index in [-0.39, 0.29) is 11.8 Å². The lowest BCUT2D eigenvalue weighted by molar-refractivity contribution is -0.152. The number of amides is 2. The van der Waals surface area contributed by atoms with Crippen molar-refractivity contribution in [1.29, 1.82) is 0 Å². The van der Waals surface area contributed by atoms with E-state index in [1.807, 2.05) is 13.8 Å². The molecule has 6 nitrogen and oxygen atoms in total. The number of hydrogen-bond acceptors (Lipinski definition) is 4. The Kier molecular flexibility index (Phi) is 6.07. The van der Waals surface area contributed by atoms with Crippen molar-refractivity contribution in [1.82, 2.24) is 14.7 Å². The summed E-state index contributed by atoms with van der Waals surface area (Å²) in [5.41, 5.74) is 5.49. The molecule has 1 fully saturated rings. The average molecular weight is 256 g/mol. The molecule has 0 bridgehead atoms. The molecule has 0 aromatic rings. The Morgan fingerprint density at radius 1 is 1.11 bits per heavy atom. The van der Waals surface area contributed by atoms with E-state index in [0.717, 1.165) is 19.6 Å². The normalized spacial score (nSPS) is 16.7. The highest BCUT2D eigenvalue weighted by molar-refractivity contribution is 6.34. The second kappa shape index (κ2) is 7.33. The number of carbonyl (C=O) groups is 2. The molecular formula is C12H24N4O2. The molecule has 18 heavy (non-hydrogen) atoms. The van der Waals surface area contributed by atoms with Gasteiger partial charge in [-0.15, -0.1) is 0 Å². The fourth-order valence-electron chi connectivity index (χ4n) is 2.14. The van der Waals surface area contributed by atoms with Crippen LogP contribution in [0.4, 0.5) is 0 Å². The van der Waals surface area contributed by atoms with E-state index in [9.17, 15) is 9.59 Å². The first-order valence-corrected chi connectivity index (χ1v) is 6.64. The van der Waals surface area contributed by atoms with E-state index < -0.39 is 0 Å². The third-order valence-corrected chi connectivity index (χ3v) is 3.34. The number of nitrogens with zero attached hydrogens (tertiary/aromatic N) is 3. The standard InChI is InChI=1S/C12H24N4O2/c1-3-15(4-2)11(17)12(18)16-9-7-14(6-5-13)8-10-16/h3-10,13H2,1-2H3. The number of rotatable bonds is 4. The summed E-state index contributed by atoms with van der Waals surface area (Å²) < 4.78 is 0. The van der Waals surface area contributed by atoms with Gasteiger partial charge in [-0.2, -0.15) is 0 Å². The molecule has 0 aromatic carbocycles. The van der Waals surface area contributed by atoms with Crippen LogP contribution in [-0.2, 0) is 9.59 Å². The molecule has 0 unspecified atom stereocenters. The number of carbonyl (C=O) groups excluding carboxylic acids is 2. The van der Waals surface area contributed by atoms with Gasteiger partial charge in [0.05, 0.1) is 0 Å². The van der Waals surface area contributed by atoms with Crippen molar-refractivity contribution in [3.63, 3.8) is 0 Å². The monoisotopic (exact) mass is 256 g/mol. The first-order chi connectivity index (χ1) is 8.63. The van der Waals surface area contributed by atoms with Crippen molar-refractivity contribution in [3.8, 4) is 0 Å². The van der Waals surface area contributed by atoms with Gasteiger partial charge in [-0.05, 0) is 13.8 Å². The van der Waals surface area contributed by atoms with Gasteiger partial charge in [0.15, 0.2) is 0 Å². The minimum absolute atomic E-state index is 0.369. The lowest BCUT2D eigenvalue weighted by atomic mass is 10.3. The summed E-state index contributed by atoms with van der Waals surface area (Å²) in [6.07, 6.45) is 0. The molecule has 1 saturated heterocycles. The number of nitrogens with two attached hydrogens (primary N) is 1. The second-order valence-corrected chi connectivity index (χ2v) is 4.40. The molecule has 1 aliphatic rings. The fraction of sp³-hybridized carbons (Fsp3) is 0.833. The zero-order chi connectivity index (χ0) is 13.5. The smallest absolute Gasteiger partial charge is 0.312 e. The lowest BCUT2D eigenvalue weighted by Gasteiger charge is -2.34. The van der Waals surface area contributed by atoms with Gasteiger partial charge in [0.2, 0.25) is 0 Å². The minimum atomic E-state index is -0.382. The topological polar surface area (TPSA) is 69.9 Å². The summed E-state index contributed by atoms with van der Waals surface area (Å²) in [5.74, 6) is -0.752. The molecule has 0 radical (unpaired) electrons. The van der Waals surface area contributed by atoms with Crippen LogP contribution in [0, 0.1) is 0 Å². The van der Waals surface area contributed by atoms with Crippen LogP contribution in [-0.4, -0.2) is 78.9 Å². The van der Waals surface area contributed by atoms with Crippen LogP contribution in [0.5, 0.6) is 0 Å². The maximum absolute atomic E-state index is 12.0. The first-order valence-electron chi connectivity index (χ1n) is 6.64. The van der Waals surface area contributed by atoms with Crippen LogP contribution in [0.25, 0.3) is 0 Å². The SMILES string of the molecule is CCN(CC)C(=O)C(=O)N1CCN(CCN)CC1. The maximum Gasteiger partial charge on any atom is 0.312 e. The number of piperazine rings is 1. The third-order valence-electron chi connectivity index (χ3n) is 3.34. The largest absolute Gasteiger partial charge is 0.335 e. The molecule has 2 N–H and O–H groups in total. The van der Waals surface area contributed by atoms with E-state index in [4.69, 9.17) is 5.73 Å². The highest BCUT2D eigenvalue weighted by atomic mass is 16.2. The Morgan fingerprint density at radius 3 is 2.11 bits per heavy atom. The van der Waals surface area contributed by atoms with Crippen molar-refractivity contribution in [2.75, 3.05) is 52.4 Å². The quantitative estimate of drug-likeness (QED) is 0.652. The van der Waals surface area contributed by atoms with E-state index in [1.165, 1.54) is 0 Å². The van der Waals surface area contributed by atoms with Gasteiger partial charge in [0.1, 0.15) is 0 Å². The highest BCUT2D eigenvalue weighted by Crippen LogP contribution is 2.03. The summed E-state index contributed by atoms with van der Waals surface area (Å²) in [4.78, 5) is 29.4. The molecule has 104 valence electrons. The predicted octanol–water partition coefficient (Wildman–Crippen LogP) is -1.04. The van der Waals surface area contributed by atoms with Gasteiger partial charge in [0.25, 0.3) is 0 Å². The zero-order valence-electron chi connectivity index (χ0n) is 11.4. The molecule has 0 saturated carbocycles. The Balaban J connectivity index is 2.47. The van der Waals surface area contributed by atoms with Crippen molar-refractivity contribution in [2.45, 2.75) is 13.8 Å². The average Bonchev–Trinajstić information content (AvgIpc) is 2.40. The Labute approximate surface area is 109 Å². The molecule has 1 aliphatic heterocycles. The van der Waals surface area contributed by atoms with Crippen LogP contribution in [0.3, 0.4) is 0 Å². The third kappa shape index (κ3) is 3.68. The molecule has 6 heteroatoms. The molecule has 0 aliphatic carbocycles. The molecule has 2 amide bonds. The summed E-state index contributed by atoms with van der Waals surface area (Å²) in [6, 6.07) is 0. The molecule has 0 atom stereocenters. The summed E-state index contributed by atoms with van der Waals surface area (Å²) >= 11 is 0. The van der Waals surface area contributed by atoms with Crippen LogP contribution in [0.15, 0.2) is 0 Å². The van der Waals surface area contributed by atoms with Crippen LogP contribution >= 0.6 is 0 Å². The van der Waals surface area contributed by atoms with Crippen molar-refractivity contribution in [2.24, 2.45) is 5.73 Å². The second-order valence-electron chi connectivity index (χ2n) is 4.40. The van der Waals surface area contributed by atoms with Crippen LogP contribution in [0.2, 0.25) is 0 Å². The van der Waals surface area contributed by atoms with Crippen molar-refractivity contribution in [3.05, 3.63) is 0 Å².